The fourth-order valence-electron chi connectivity index (χ4n) is 6.70. The maximum atomic E-state index is 6.76. The number of allylic oxidation sites excluding steroid dienone is 4. The molecule has 0 saturated heterocycles. The second kappa shape index (κ2) is 13.8. The van der Waals surface area contributed by atoms with Crippen molar-refractivity contribution in [3.05, 3.63) is 126 Å². The topological polar surface area (TPSA) is 49.4 Å². The fourth-order valence-corrected chi connectivity index (χ4v) is 6.70. The Morgan fingerprint density at radius 2 is 1.20 bits per heavy atom. The zero-order valence-electron chi connectivity index (χ0n) is 29.7. The van der Waals surface area contributed by atoms with Crippen LogP contribution in [-0.4, -0.2) is 14.0 Å². The van der Waals surface area contributed by atoms with Crippen LogP contribution in [-0.2, 0) is 0 Å². The number of nitrogens with zero attached hydrogens (tertiary/aromatic N) is 1. The van der Waals surface area contributed by atoms with Gasteiger partial charge in [0.2, 0.25) is 11.5 Å². The Hall–Kier alpha value is -5.49. The minimum absolute atomic E-state index is 0.128. The Labute approximate surface area is 295 Å². The van der Waals surface area contributed by atoms with Crippen LogP contribution in [0, 0.1) is 0 Å². The fraction of sp³-hybridized carbons (Fsp3) is 0.190. The van der Waals surface area contributed by atoms with Crippen molar-refractivity contribution in [1.29, 1.82) is 0 Å². The molecule has 2 aliphatic rings. The highest BCUT2D eigenvalue weighted by atomic mass is 17.0. The van der Waals surface area contributed by atoms with Crippen LogP contribution in [0.1, 0.15) is 53.0 Å². The summed E-state index contributed by atoms with van der Waals surface area (Å²) in [5, 5.41) is 7.77. The van der Waals surface area contributed by atoms with Crippen molar-refractivity contribution < 1.29 is 23.6 Å². The van der Waals surface area contributed by atoms with E-state index in [1.807, 2.05) is 94.4 Å². The van der Waals surface area contributed by atoms with E-state index in [1.54, 1.807) is 0 Å². The van der Waals surface area contributed by atoms with Crippen LogP contribution in [0.25, 0.3) is 32.3 Å². The molecular weight excluding hydrogens is 620 g/mol. The summed E-state index contributed by atoms with van der Waals surface area (Å²) < 4.78 is 19.6. The van der Waals surface area contributed by atoms with E-state index in [0.717, 1.165) is 66.0 Å². The van der Waals surface area contributed by atoms with E-state index < -0.39 is 7.12 Å². The van der Waals surface area contributed by atoms with Crippen LogP contribution in [0.15, 0.2) is 121 Å². The summed E-state index contributed by atoms with van der Waals surface area (Å²) in [6.07, 6.45) is 6.26. The van der Waals surface area contributed by atoms with Crippen molar-refractivity contribution in [2.45, 2.75) is 54.3 Å². The number of hydrogen-bond acceptors (Lipinski definition) is 6. The average molecular weight is 661 g/mol. The molecule has 0 N–H and O–H groups in total. The maximum Gasteiger partial charge on any atom is 0.632 e. The van der Waals surface area contributed by atoms with Gasteiger partial charge in [-0.2, -0.15) is 0 Å². The molecule has 0 atom stereocenters. The van der Waals surface area contributed by atoms with E-state index in [1.165, 1.54) is 5.23 Å². The van der Waals surface area contributed by atoms with E-state index >= 15 is 0 Å². The smallest absolute Gasteiger partial charge is 0.556 e. The first-order valence-electron chi connectivity index (χ1n) is 17.5. The van der Waals surface area contributed by atoms with Gasteiger partial charge in [0.1, 0.15) is 22.9 Å². The Morgan fingerprint density at radius 3 is 1.72 bits per heavy atom. The third-order valence-corrected chi connectivity index (χ3v) is 9.15. The molecule has 0 bridgehead atoms. The quantitative estimate of drug-likeness (QED) is 0.0964. The van der Waals surface area contributed by atoms with Gasteiger partial charge in [0.05, 0.1) is 0 Å². The largest absolute Gasteiger partial charge is 0.632 e. The predicted molar refractivity (Wildman–Crippen MR) is 208 cm³/mol. The zero-order chi connectivity index (χ0) is 34.9. The molecule has 0 fully saturated rings. The third kappa shape index (κ3) is 5.89. The molecule has 2 aliphatic heterocycles. The minimum Gasteiger partial charge on any atom is -0.556 e. The van der Waals surface area contributed by atoms with Crippen molar-refractivity contribution in [3.63, 3.8) is 0 Å². The van der Waals surface area contributed by atoms with E-state index in [0.29, 0.717) is 17.2 Å². The number of hydrogen-bond donors (Lipinski definition) is 0. The van der Waals surface area contributed by atoms with Gasteiger partial charge in [-0.05, 0) is 124 Å². The van der Waals surface area contributed by atoms with Gasteiger partial charge < -0.3 is 23.6 Å². The van der Waals surface area contributed by atoms with Crippen LogP contribution in [0.2, 0.25) is 6.82 Å². The lowest BCUT2D eigenvalue weighted by atomic mass is 9.62. The van der Waals surface area contributed by atoms with Crippen LogP contribution in [0.5, 0.6) is 28.7 Å². The first kappa shape index (κ1) is 33.0. The lowest BCUT2D eigenvalue weighted by Gasteiger charge is -2.21. The van der Waals surface area contributed by atoms with Crippen molar-refractivity contribution >= 4 is 57.5 Å². The molecule has 250 valence electrons. The highest BCUT2D eigenvalue weighted by Crippen LogP contribution is 2.49. The second-order valence-electron chi connectivity index (χ2n) is 12.6. The standard InChI is InChI=1S/C40H35B2NO5.C2H6/c1-6-14-26(7-2)41(5)44-36-20-31-30(19-29(36)25(3)4)32-21-37-38(46-42(45-37)27-15-10-8-11-16-27)22-33(32)35-24-40-39(23-34(31)35)47-43(48-40)28-17-12-9-13-18-28;1-2/h6-25H,1-5H3;1-2H3/b14-6-,26-7+;. The first-order chi connectivity index (χ1) is 24.4. The minimum atomic E-state index is -0.512. The normalized spacial score (nSPS) is 13.5. The van der Waals surface area contributed by atoms with Gasteiger partial charge in [-0.15, -0.1) is 0 Å². The molecule has 0 saturated carbocycles. The number of fused-ring (bicyclic) bond motifs is 8. The van der Waals surface area contributed by atoms with Gasteiger partial charge in [-0.25, -0.2) is 0 Å². The first-order valence-corrected chi connectivity index (χ1v) is 17.5. The van der Waals surface area contributed by atoms with E-state index in [4.69, 9.17) is 23.6 Å². The highest BCUT2D eigenvalue weighted by molar-refractivity contribution is 6.63. The Balaban J connectivity index is 0.00000193. The van der Waals surface area contributed by atoms with Gasteiger partial charge >= 0.3 is 14.0 Å². The summed E-state index contributed by atoms with van der Waals surface area (Å²) >= 11 is 0. The molecule has 50 heavy (non-hydrogen) atoms. The van der Waals surface area contributed by atoms with Gasteiger partial charge in [0.25, 0.3) is 0 Å². The molecule has 6 nitrogen and oxygen atoms in total. The Morgan fingerprint density at radius 1 is 0.700 bits per heavy atom. The monoisotopic (exact) mass is 661 g/mol. The van der Waals surface area contributed by atoms with Crippen LogP contribution in [0.3, 0.4) is 0 Å². The SMILES string of the molecule is C/C=C\C(=C/C)B(C)Oc1cc2c3cc4c(cc3c3cc5c(cc3c2cc1C(C)C)OB(c1ccccc1)O5)ON(c1ccccc1)O4.CC. The predicted octanol–water partition coefficient (Wildman–Crippen LogP) is 10.6. The summed E-state index contributed by atoms with van der Waals surface area (Å²) in [5.41, 5.74) is 4.03. The molecule has 8 heteroatoms. The number of anilines is 1. The van der Waals surface area contributed by atoms with Crippen molar-refractivity contribution in [1.82, 2.24) is 0 Å². The summed E-state index contributed by atoms with van der Waals surface area (Å²) in [6.45, 7) is 14.5. The molecule has 6 aromatic rings. The van der Waals surface area contributed by atoms with Crippen molar-refractivity contribution in [2.75, 3.05) is 5.23 Å². The van der Waals surface area contributed by atoms with Crippen LogP contribution >= 0.6 is 0 Å². The van der Waals surface area contributed by atoms with Crippen molar-refractivity contribution in [3.8, 4) is 28.7 Å². The molecule has 6 aromatic carbocycles. The summed E-state index contributed by atoms with van der Waals surface area (Å²) in [5.74, 6) is 3.80. The van der Waals surface area contributed by atoms with Gasteiger partial charge in [-0.3, -0.25) is 0 Å². The number of benzene rings is 6. The van der Waals surface area contributed by atoms with Gasteiger partial charge in [0, 0.05) is 5.46 Å². The van der Waals surface area contributed by atoms with E-state index in [-0.39, 0.29) is 12.8 Å². The molecule has 8 rings (SSSR count). The van der Waals surface area contributed by atoms with E-state index in [9.17, 15) is 0 Å². The zero-order valence-corrected chi connectivity index (χ0v) is 29.7. The Bertz CT molecular complexity index is 2250. The van der Waals surface area contributed by atoms with Crippen LogP contribution in [0.4, 0.5) is 5.69 Å². The summed E-state index contributed by atoms with van der Waals surface area (Å²) in [7, 11) is -0.512. The molecule has 0 unspecified atom stereocenters. The van der Waals surface area contributed by atoms with Crippen molar-refractivity contribution in [2.24, 2.45) is 0 Å². The van der Waals surface area contributed by atoms with Gasteiger partial charge in [-0.1, -0.05) is 94.5 Å². The van der Waals surface area contributed by atoms with Gasteiger partial charge in [0.15, 0.2) is 0 Å². The Kier molecular flexibility index (Phi) is 9.11. The lowest BCUT2D eigenvalue weighted by Crippen LogP contribution is -2.38. The highest BCUT2D eigenvalue weighted by Gasteiger charge is 2.35. The molecule has 0 aromatic heterocycles. The average Bonchev–Trinajstić information content (AvgIpc) is 3.77. The summed E-state index contributed by atoms with van der Waals surface area (Å²) in [6, 6.07) is 32.6. The third-order valence-electron chi connectivity index (χ3n) is 9.15. The number of para-hydroxylation sites is 1. The summed E-state index contributed by atoms with van der Waals surface area (Å²) in [4.78, 5) is 12.5. The molecule has 2 heterocycles. The maximum absolute atomic E-state index is 6.76. The molecule has 0 spiro atoms. The molecular formula is C42H41B2NO5. The molecule has 0 radical (unpaired) electrons. The lowest BCUT2D eigenvalue weighted by molar-refractivity contribution is 0.123. The van der Waals surface area contributed by atoms with E-state index in [2.05, 4.69) is 69.2 Å². The van der Waals surface area contributed by atoms with Crippen LogP contribution < -0.4 is 34.3 Å². The number of rotatable bonds is 7. The molecule has 0 amide bonds. The molecule has 0 aliphatic carbocycles. The second-order valence-corrected chi connectivity index (χ2v) is 12.6.